The van der Waals surface area contributed by atoms with E-state index in [1.165, 1.54) is 0 Å². The molecule has 0 unspecified atom stereocenters. The van der Waals surface area contributed by atoms with E-state index in [-0.39, 0.29) is 41.0 Å². The predicted molar refractivity (Wildman–Crippen MR) is 27.8 cm³/mol. The van der Waals surface area contributed by atoms with Crippen LogP contribution in [0.5, 0.6) is 0 Å². The van der Waals surface area contributed by atoms with Crippen LogP contribution < -0.4 is 0 Å². The van der Waals surface area contributed by atoms with Crippen LogP contribution in [0.3, 0.4) is 0 Å². The van der Waals surface area contributed by atoms with Crippen LogP contribution in [0.2, 0.25) is 0 Å². The van der Waals surface area contributed by atoms with Gasteiger partial charge in [0, 0.05) is 17.1 Å². The van der Waals surface area contributed by atoms with Gasteiger partial charge in [0.15, 0.2) is 0 Å². The molecule has 0 aromatic carbocycles. The quantitative estimate of drug-likeness (QED) is 0.362. The maximum atomic E-state index is 7.17. The van der Waals surface area contributed by atoms with E-state index in [4.69, 9.17) is 15.1 Å². The van der Waals surface area contributed by atoms with Crippen LogP contribution in [0.4, 0.5) is 0 Å². The van der Waals surface area contributed by atoms with E-state index < -0.39 is 7.32 Å². The molecule has 0 fully saturated rings. The van der Waals surface area contributed by atoms with Gasteiger partial charge in [0.05, 0.1) is 0 Å². The summed E-state index contributed by atoms with van der Waals surface area (Å²) < 4.78 is 0. The van der Waals surface area contributed by atoms with Crippen LogP contribution in [0.15, 0.2) is 0 Å². The van der Waals surface area contributed by atoms with Crippen molar-refractivity contribution >= 4 is 31.3 Å². The maximum Gasteiger partial charge on any atom is 0.631 e. The third-order valence-corrected chi connectivity index (χ3v) is 0. The van der Waals surface area contributed by atoms with Gasteiger partial charge in [-0.25, -0.2) is 0 Å². The smallest absolute Gasteiger partial charge is 0.402 e. The van der Waals surface area contributed by atoms with Crippen molar-refractivity contribution in [3.63, 3.8) is 0 Å². The molecular formula is H4BFeIO3. The van der Waals surface area contributed by atoms with Gasteiger partial charge in [-0.2, -0.15) is 0 Å². The Morgan fingerprint density at radius 2 is 1.00 bits per heavy atom. The summed E-state index contributed by atoms with van der Waals surface area (Å²) in [5.41, 5.74) is 0. The van der Waals surface area contributed by atoms with E-state index in [0.29, 0.717) is 0 Å². The molecule has 0 aromatic heterocycles. The van der Waals surface area contributed by atoms with Crippen molar-refractivity contribution in [1.29, 1.82) is 0 Å². The normalized spacial score (nSPS) is 4.50. The first-order valence-electron chi connectivity index (χ1n) is 0.775. The van der Waals surface area contributed by atoms with E-state index >= 15 is 0 Å². The van der Waals surface area contributed by atoms with Crippen LogP contribution in [-0.2, 0) is 17.1 Å². The standard InChI is InChI=1S/BH3O3.Fe.HI/c2-1(3)4;;/h2-4H;;1H. The summed E-state index contributed by atoms with van der Waals surface area (Å²) in [6.07, 6.45) is 0. The Kier molecular flexibility index (Phi) is 24.8. The van der Waals surface area contributed by atoms with Crippen molar-refractivity contribution in [2.75, 3.05) is 0 Å². The van der Waals surface area contributed by atoms with Gasteiger partial charge in [-0.1, -0.05) is 0 Å². The van der Waals surface area contributed by atoms with Crippen molar-refractivity contribution in [2.45, 2.75) is 0 Å². The molecule has 0 rings (SSSR count). The zero-order valence-electron chi connectivity index (χ0n) is 2.68. The minimum absolute atomic E-state index is 0. The van der Waals surface area contributed by atoms with Gasteiger partial charge >= 0.3 is 7.32 Å². The molecule has 0 bridgehead atoms. The molecule has 0 saturated carbocycles. The molecule has 0 radical (unpaired) electrons. The fraction of sp³-hybridized carbons (Fsp3) is 0. The van der Waals surface area contributed by atoms with Gasteiger partial charge in [0.25, 0.3) is 0 Å². The Labute approximate surface area is 63.4 Å². The third-order valence-electron chi connectivity index (χ3n) is 0. The largest absolute Gasteiger partial charge is 0.631 e. The molecule has 0 amide bonds. The molecule has 0 heterocycles. The number of halogens is 1. The van der Waals surface area contributed by atoms with Gasteiger partial charge in [-0.15, -0.1) is 24.0 Å². The van der Waals surface area contributed by atoms with Gasteiger partial charge in [0.1, 0.15) is 0 Å². The van der Waals surface area contributed by atoms with E-state index in [1.807, 2.05) is 0 Å². The molecular weight excluding hydrogens is 242 g/mol. The molecule has 0 aliphatic rings. The van der Waals surface area contributed by atoms with Gasteiger partial charge in [-0.05, 0) is 0 Å². The van der Waals surface area contributed by atoms with Crippen molar-refractivity contribution in [3.8, 4) is 0 Å². The van der Waals surface area contributed by atoms with Crippen LogP contribution in [0.25, 0.3) is 0 Å². The molecule has 3 N–H and O–H groups in total. The minimum atomic E-state index is -2.17. The second-order valence-corrected chi connectivity index (χ2v) is 0.346. The van der Waals surface area contributed by atoms with E-state index in [9.17, 15) is 0 Å². The van der Waals surface area contributed by atoms with E-state index in [2.05, 4.69) is 0 Å². The van der Waals surface area contributed by atoms with Crippen molar-refractivity contribution in [2.24, 2.45) is 0 Å². The Balaban J connectivity index is -0.0000000450. The Morgan fingerprint density at radius 3 is 1.00 bits per heavy atom. The van der Waals surface area contributed by atoms with Crippen molar-refractivity contribution in [3.05, 3.63) is 0 Å². The van der Waals surface area contributed by atoms with Crippen molar-refractivity contribution in [1.82, 2.24) is 0 Å². The second kappa shape index (κ2) is 9.50. The fourth-order valence-electron chi connectivity index (χ4n) is 0. The summed E-state index contributed by atoms with van der Waals surface area (Å²) in [5, 5.41) is 21.5. The maximum absolute atomic E-state index is 7.17. The first-order valence-corrected chi connectivity index (χ1v) is 0.775. The molecule has 0 aliphatic heterocycles. The Bertz CT molecular complexity index is 15.5. The van der Waals surface area contributed by atoms with Crippen LogP contribution >= 0.6 is 24.0 Å². The monoisotopic (exact) mass is 246 g/mol. The summed E-state index contributed by atoms with van der Waals surface area (Å²) in [4.78, 5) is 0. The molecule has 0 spiro atoms. The van der Waals surface area contributed by atoms with E-state index in [0.717, 1.165) is 0 Å². The topological polar surface area (TPSA) is 60.7 Å². The Hall–Kier alpha value is 1.19. The van der Waals surface area contributed by atoms with Crippen molar-refractivity contribution < 1.29 is 32.1 Å². The van der Waals surface area contributed by atoms with Crippen LogP contribution in [0.1, 0.15) is 0 Å². The molecule has 6 heavy (non-hydrogen) atoms. The summed E-state index contributed by atoms with van der Waals surface area (Å²) in [7, 11) is -2.17. The molecule has 3 nitrogen and oxygen atoms in total. The molecule has 0 saturated heterocycles. The van der Waals surface area contributed by atoms with Crippen LogP contribution in [-0.4, -0.2) is 22.4 Å². The molecule has 0 aliphatic carbocycles. The van der Waals surface area contributed by atoms with Gasteiger partial charge in [-0.3, -0.25) is 0 Å². The average Bonchev–Trinajstić information content (AvgIpc) is 0.811. The molecule has 0 aromatic rings. The number of hydrogen-bond acceptors (Lipinski definition) is 3. The predicted octanol–water partition coefficient (Wildman–Crippen LogP) is -1.44. The number of rotatable bonds is 0. The zero-order chi connectivity index (χ0) is 3.58. The zero-order valence-corrected chi connectivity index (χ0v) is 6.12. The molecule has 0 atom stereocenters. The van der Waals surface area contributed by atoms with Gasteiger partial charge < -0.3 is 15.1 Å². The third kappa shape index (κ3) is 64.1. The summed E-state index contributed by atoms with van der Waals surface area (Å²) >= 11 is 0. The molecule has 6 heteroatoms. The Morgan fingerprint density at radius 1 is 1.00 bits per heavy atom. The van der Waals surface area contributed by atoms with Crippen LogP contribution in [0, 0.1) is 0 Å². The first kappa shape index (κ1) is 15.7. The SMILES string of the molecule is I.OB(O)O.[Fe]. The summed E-state index contributed by atoms with van der Waals surface area (Å²) in [6, 6.07) is 0. The fourth-order valence-corrected chi connectivity index (χ4v) is 0. The minimum Gasteiger partial charge on any atom is -0.402 e. The summed E-state index contributed by atoms with van der Waals surface area (Å²) in [5.74, 6) is 0. The average molecular weight is 246 g/mol. The first-order chi connectivity index (χ1) is 1.73. The van der Waals surface area contributed by atoms with E-state index in [1.54, 1.807) is 0 Å². The second-order valence-electron chi connectivity index (χ2n) is 0.346. The number of hydrogen-bond donors (Lipinski definition) is 3. The summed E-state index contributed by atoms with van der Waals surface area (Å²) in [6.45, 7) is 0. The van der Waals surface area contributed by atoms with Gasteiger partial charge in [0.2, 0.25) is 0 Å². The molecule has 40 valence electrons.